The molecule has 0 saturated heterocycles. The highest BCUT2D eigenvalue weighted by atomic mass is 79.9. The molecule has 0 aliphatic heterocycles. The van der Waals surface area contributed by atoms with Gasteiger partial charge in [-0.05, 0) is 30.4 Å². The van der Waals surface area contributed by atoms with Crippen molar-refractivity contribution in [1.82, 2.24) is 9.55 Å². The van der Waals surface area contributed by atoms with E-state index in [9.17, 15) is 8.78 Å². The SMILES string of the molecule is Fc1cc(F)c2[nH]c(=S)n(-c3ccc(Br)cc3Cl)c2c1. The third-order valence-corrected chi connectivity index (χ3v) is 3.94. The Morgan fingerprint density at radius 1 is 1.20 bits per heavy atom. The smallest absolute Gasteiger partial charge is 0.182 e. The van der Waals surface area contributed by atoms with Gasteiger partial charge in [0.1, 0.15) is 11.3 Å². The molecular weight excluding hydrogens is 370 g/mol. The van der Waals surface area contributed by atoms with Crippen molar-refractivity contribution in [3.05, 3.63) is 56.2 Å². The number of nitrogens with one attached hydrogen (secondary N) is 1. The molecule has 3 rings (SSSR count). The molecule has 0 bridgehead atoms. The molecule has 102 valence electrons. The molecule has 0 aliphatic rings. The third-order valence-electron chi connectivity index (χ3n) is 2.86. The summed E-state index contributed by atoms with van der Waals surface area (Å²) in [4.78, 5) is 2.73. The van der Waals surface area contributed by atoms with E-state index in [0.29, 0.717) is 16.2 Å². The fourth-order valence-electron chi connectivity index (χ4n) is 2.03. The van der Waals surface area contributed by atoms with E-state index in [1.54, 1.807) is 18.2 Å². The molecular formula is C13H6BrClF2N2S. The van der Waals surface area contributed by atoms with Gasteiger partial charge in [0.25, 0.3) is 0 Å². The summed E-state index contributed by atoms with van der Waals surface area (Å²) < 4.78 is 29.7. The molecule has 20 heavy (non-hydrogen) atoms. The van der Waals surface area contributed by atoms with Gasteiger partial charge >= 0.3 is 0 Å². The second-order valence-corrected chi connectivity index (χ2v) is 5.85. The van der Waals surface area contributed by atoms with Gasteiger partial charge in [-0.1, -0.05) is 27.5 Å². The van der Waals surface area contributed by atoms with Crippen LogP contribution in [-0.4, -0.2) is 9.55 Å². The zero-order valence-electron chi connectivity index (χ0n) is 9.75. The quantitative estimate of drug-likeness (QED) is 0.566. The van der Waals surface area contributed by atoms with Crippen molar-refractivity contribution in [3.8, 4) is 5.69 Å². The Bertz CT molecular complexity index is 888. The lowest BCUT2D eigenvalue weighted by Gasteiger charge is -2.07. The van der Waals surface area contributed by atoms with Crippen molar-refractivity contribution >= 4 is 50.8 Å². The number of halogens is 4. The number of rotatable bonds is 1. The molecule has 1 N–H and O–H groups in total. The Morgan fingerprint density at radius 2 is 1.95 bits per heavy atom. The van der Waals surface area contributed by atoms with Gasteiger partial charge in [-0.15, -0.1) is 0 Å². The summed E-state index contributed by atoms with van der Waals surface area (Å²) in [7, 11) is 0. The maximum absolute atomic E-state index is 13.7. The highest BCUT2D eigenvalue weighted by molar-refractivity contribution is 9.10. The van der Waals surface area contributed by atoms with Crippen molar-refractivity contribution < 1.29 is 8.78 Å². The van der Waals surface area contributed by atoms with Gasteiger partial charge in [0.05, 0.1) is 16.2 Å². The van der Waals surface area contributed by atoms with Crippen LogP contribution in [0.15, 0.2) is 34.8 Å². The Labute approximate surface area is 131 Å². The number of imidazole rings is 1. The van der Waals surface area contributed by atoms with Crippen molar-refractivity contribution in [2.45, 2.75) is 0 Å². The van der Waals surface area contributed by atoms with Gasteiger partial charge in [0.15, 0.2) is 10.6 Å². The van der Waals surface area contributed by atoms with E-state index in [-0.39, 0.29) is 10.3 Å². The van der Waals surface area contributed by atoms with Gasteiger partial charge in [-0.3, -0.25) is 4.57 Å². The van der Waals surface area contributed by atoms with Crippen molar-refractivity contribution in [1.29, 1.82) is 0 Å². The molecule has 0 radical (unpaired) electrons. The maximum Gasteiger partial charge on any atom is 0.182 e. The maximum atomic E-state index is 13.7. The van der Waals surface area contributed by atoms with Gasteiger partial charge in [-0.25, -0.2) is 8.78 Å². The molecule has 1 heterocycles. The minimum absolute atomic E-state index is 0.149. The minimum atomic E-state index is -0.696. The van der Waals surface area contributed by atoms with E-state index in [0.717, 1.165) is 10.5 Å². The normalized spacial score (nSPS) is 11.2. The summed E-state index contributed by atoms with van der Waals surface area (Å²) in [6, 6.07) is 7.20. The number of hydrogen-bond donors (Lipinski definition) is 1. The van der Waals surface area contributed by atoms with Crippen LogP contribution in [0.1, 0.15) is 0 Å². The molecule has 0 atom stereocenters. The monoisotopic (exact) mass is 374 g/mol. The number of aromatic amines is 1. The third kappa shape index (κ3) is 2.17. The molecule has 0 fully saturated rings. The summed E-state index contributed by atoms with van der Waals surface area (Å²) in [5, 5.41) is 0.418. The second kappa shape index (κ2) is 4.95. The highest BCUT2D eigenvalue weighted by Gasteiger charge is 2.14. The van der Waals surface area contributed by atoms with Crippen LogP contribution in [0.5, 0.6) is 0 Å². The van der Waals surface area contributed by atoms with Crippen LogP contribution in [0, 0.1) is 16.4 Å². The average Bonchev–Trinajstić information content (AvgIpc) is 2.67. The van der Waals surface area contributed by atoms with Crippen molar-refractivity contribution in [2.75, 3.05) is 0 Å². The largest absolute Gasteiger partial charge is 0.328 e. The predicted molar refractivity (Wildman–Crippen MR) is 81.1 cm³/mol. The molecule has 2 aromatic carbocycles. The number of benzene rings is 2. The average molecular weight is 376 g/mol. The van der Waals surface area contributed by atoms with E-state index in [4.69, 9.17) is 23.8 Å². The second-order valence-electron chi connectivity index (χ2n) is 4.14. The van der Waals surface area contributed by atoms with Gasteiger partial charge in [0, 0.05) is 16.6 Å². The number of hydrogen-bond acceptors (Lipinski definition) is 1. The zero-order valence-corrected chi connectivity index (χ0v) is 12.9. The lowest BCUT2D eigenvalue weighted by molar-refractivity contribution is 0.590. The highest BCUT2D eigenvalue weighted by Crippen LogP contribution is 2.29. The van der Waals surface area contributed by atoms with Crippen LogP contribution in [0.25, 0.3) is 16.7 Å². The summed E-state index contributed by atoms with van der Waals surface area (Å²) >= 11 is 14.7. The van der Waals surface area contributed by atoms with E-state index >= 15 is 0 Å². The van der Waals surface area contributed by atoms with Gasteiger partial charge in [-0.2, -0.15) is 0 Å². The Kier molecular flexibility index (Phi) is 3.40. The molecule has 0 saturated carbocycles. The van der Waals surface area contributed by atoms with E-state index < -0.39 is 11.6 Å². The van der Waals surface area contributed by atoms with Crippen LogP contribution in [0.2, 0.25) is 5.02 Å². The van der Waals surface area contributed by atoms with Crippen LogP contribution in [-0.2, 0) is 0 Å². The number of nitrogens with zero attached hydrogens (tertiary/aromatic N) is 1. The predicted octanol–water partition coefficient (Wildman–Crippen LogP) is 5.38. The molecule has 0 unspecified atom stereocenters. The molecule has 1 aromatic heterocycles. The Morgan fingerprint density at radius 3 is 2.65 bits per heavy atom. The first-order valence-electron chi connectivity index (χ1n) is 5.52. The topological polar surface area (TPSA) is 20.7 Å². The Balaban J connectivity index is 2.42. The fourth-order valence-corrected chi connectivity index (χ4v) is 3.09. The summed E-state index contributed by atoms with van der Waals surface area (Å²) in [6.07, 6.45) is 0. The summed E-state index contributed by atoms with van der Waals surface area (Å²) in [5.41, 5.74) is 1.00. The first-order chi connectivity index (χ1) is 9.47. The van der Waals surface area contributed by atoms with Gasteiger partial charge < -0.3 is 4.98 Å². The van der Waals surface area contributed by atoms with Gasteiger partial charge in [0.2, 0.25) is 0 Å². The molecule has 0 amide bonds. The lowest BCUT2D eigenvalue weighted by Crippen LogP contribution is -1.95. The van der Waals surface area contributed by atoms with Crippen LogP contribution < -0.4 is 0 Å². The van der Waals surface area contributed by atoms with Crippen LogP contribution in [0.4, 0.5) is 8.78 Å². The first-order valence-corrected chi connectivity index (χ1v) is 7.10. The molecule has 0 spiro atoms. The standard InChI is InChI=1S/C13H6BrClF2N2S/c14-6-1-2-10(8(15)3-6)19-11-5-7(16)4-9(17)12(11)18-13(19)20/h1-5H,(H,18,20). The summed E-state index contributed by atoms with van der Waals surface area (Å²) in [5.74, 6) is -1.37. The summed E-state index contributed by atoms with van der Waals surface area (Å²) in [6.45, 7) is 0. The number of H-pyrrole nitrogens is 1. The molecule has 7 heteroatoms. The lowest BCUT2D eigenvalue weighted by atomic mass is 10.2. The first kappa shape index (κ1) is 13.7. The van der Waals surface area contributed by atoms with Crippen LogP contribution >= 0.6 is 39.7 Å². The molecule has 3 aromatic rings. The van der Waals surface area contributed by atoms with E-state index in [2.05, 4.69) is 20.9 Å². The van der Waals surface area contributed by atoms with E-state index in [1.807, 2.05) is 0 Å². The molecule has 2 nitrogen and oxygen atoms in total. The van der Waals surface area contributed by atoms with E-state index in [1.165, 1.54) is 10.6 Å². The zero-order chi connectivity index (χ0) is 14.4. The number of fused-ring (bicyclic) bond motifs is 1. The Hall–Kier alpha value is -1.24. The molecule has 0 aliphatic carbocycles. The minimum Gasteiger partial charge on any atom is -0.328 e. The van der Waals surface area contributed by atoms with Crippen molar-refractivity contribution in [2.24, 2.45) is 0 Å². The van der Waals surface area contributed by atoms with Crippen molar-refractivity contribution in [3.63, 3.8) is 0 Å². The fraction of sp³-hybridized carbons (Fsp3) is 0. The van der Waals surface area contributed by atoms with Crippen LogP contribution in [0.3, 0.4) is 0 Å². The number of aromatic nitrogens is 2.